The van der Waals surface area contributed by atoms with E-state index < -0.39 is 0 Å². The first kappa shape index (κ1) is 18.0. The summed E-state index contributed by atoms with van der Waals surface area (Å²) >= 11 is 0. The van der Waals surface area contributed by atoms with Gasteiger partial charge in [0.05, 0.1) is 0 Å². The smallest absolute Gasteiger partial charge is 0.0493 e. The number of rotatable bonds is 3. The number of hydrogen-bond acceptors (Lipinski definition) is 3. The van der Waals surface area contributed by atoms with Gasteiger partial charge in [-0.1, -0.05) is 18.6 Å². The van der Waals surface area contributed by atoms with Crippen molar-refractivity contribution in [2.24, 2.45) is 40.2 Å². The fourth-order valence-corrected chi connectivity index (χ4v) is 7.86. The van der Waals surface area contributed by atoms with Crippen molar-refractivity contribution in [2.45, 2.75) is 77.3 Å². The van der Waals surface area contributed by atoms with Crippen molar-refractivity contribution in [1.29, 1.82) is 0 Å². The highest BCUT2D eigenvalue weighted by atomic mass is 16.3. The maximum Gasteiger partial charge on any atom is 0.0493 e. The van der Waals surface area contributed by atoms with Gasteiger partial charge < -0.3 is 16.2 Å². The van der Waals surface area contributed by atoms with Crippen molar-refractivity contribution in [1.82, 2.24) is 5.32 Å². The molecule has 0 aromatic carbocycles. The highest BCUT2D eigenvalue weighted by Crippen LogP contribution is 2.66. The molecule has 3 heteroatoms. The monoisotopic (exact) mass is 346 g/mol. The third kappa shape index (κ3) is 2.49. The van der Waals surface area contributed by atoms with Crippen molar-refractivity contribution in [3.05, 3.63) is 11.6 Å². The van der Waals surface area contributed by atoms with Gasteiger partial charge in [0.2, 0.25) is 0 Å². The minimum absolute atomic E-state index is 0.110. The van der Waals surface area contributed by atoms with Crippen LogP contribution >= 0.6 is 0 Å². The molecule has 0 aliphatic heterocycles. The van der Waals surface area contributed by atoms with Gasteiger partial charge in [0.15, 0.2) is 0 Å². The number of hydrogen-bond donors (Lipinski definition) is 3. The minimum atomic E-state index is 0.110. The van der Waals surface area contributed by atoms with Crippen LogP contribution in [0.5, 0.6) is 0 Å². The van der Waals surface area contributed by atoms with Crippen LogP contribution in [0.3, 0.4) is 0 Å². The van der Waals surface area contributed by atoms with E-state index in [0.29, 0.717) is 29.9 Å². The Bertz CT molecular complexity index is 544. The lowest BCUT2D eigenvalue weighted by Gasteiger charge is -2.59. The van der Waals surface area contributed by atoms with E-state index in [2.05, 4.69) is 32.3 Å². The van der Waals surface area contributed by atoms with Crippen LogP contribution in [0, 0.1) is 34.5 Å². The Hall–Kier alpha value is -0.380. The van der Waals surface area contributed by atoms with E-state index in [4.69, 9.17) is 5.73 Å². The Balaban J connectivity index is 1.64. The van der Waals surface area contributed by atoms with Crippen molar-refractivity contribution in [2.75, 3.05) is 13.7 Å². The predicted molar refractivity (Wildman–Crippen MR) is 103 cm³/mol. The zero-order valence-electron chi connectivity index (χ0n) is 16.4. The summed E-state index contributed by atoms with van der Waals surface area (Å²) in [4.78, 5) is 0. The average molecular weight is 347 g/mol. The van der Waals surface area contributed by atoms with Crippen LogP contribution in [0.25, 0.3) is 0 Å². The summed E-state index contributed by atoms with van der Waals surface area (Å²) in [7, 11) is 2.11. The summed E-state index contributed by atoms with van der Waals surface area (Å²) in [6, 6.07) is 0.884. The van der Waals surface area contributed by atoms with Gasteiger partial charge >= 0.3 is 0 Å². The van der Waals surface area contributed by atoms with Crippen LogP contribution in [0.15, 0.2) is 11.6 Å². The van der Waals surface area contributed by atoms with Gasteiger partial charge in [-0.25, -0.2) is 0 Å². The summed E-state index contributed by atoms with van der Waals surface area (Å²) in [6.07, 6.45) is 12.7. The fourth-order valence-electron chi connectivity index (χ4n) is 7.86. The van der Waals surface area contributed by atoms with E-state index in [1.165, 1.54) is 51.4 Å². The zero-order chi connectivity index (χ0) is 17.8. The lowest BCUT2D eigenvalue weighted by Crippen LogP contribution is -2.54. The van der Waals surface area contributed by atoms with E-state index >= 15 is 0 Å². The van der Waals surface area contributed by atoms with Crippen LogP contribution in [0.1, 0.15) is 65.2 Å². The maximum atomic E-state index is 10.4. The molecule has 142 valence electrons. The molecule has 4 N–H and O–H groups in total. The molecule has 0 aromatic heterocycles. The summed E-state index contributed by atoms with van der Waals surface area (Å²) in [5.41, 5.74) is 8.62. The largest absolute Gasteiger partial charge is 0.396 e. The van der Waals surface area contributed by atoms with Crippen LogP contribution in [0.4, 0.5) is 0 Å². The molecule has 8 atom stereocenters. The van der Waals surface area contributed by atoms with Gasteiger partial charge in [0, 0.05) is 24.1 Å². The minimum Gasteiger partial charge on any atom is -0.396 e. The molecule has 3 nitrogen and oxygen atoms in total. The molecular weight excluding hydrogens is 308 g/mol. The van der Waals surface area contributed by atoms with E-state index in [9.17, 15) is 5.11 Å². The Morgan fingerprint density at radius 3 is 2.72 bits per heavy atom. The van der Waals surface area contributed by atoms with E-state index in [1.807, 2.05) is 0 Å². The second-order valence-corrected chi connectivity index (χ2v) is 9.96. The molecular formula is C22H38N2O. The third-order valence-corrected chi connectivity index (χ3v) is 9.22. The van der Waals surface area contributed by atoms with Gasteiger partial charge in [0.1, 0.15) is 0 Å². The number of aliphatic hydroxyl groups is 1. The van der Waals surface area contributed by atoms with Crippen molar-refractivity contribution >= 4 is 0 Å². The molecule has 25 heavy (non-hydrogen) atoms. The average Bonchev–Trinajstić information content (AvgIpc) is 3.01. The normalized spacial score (nSPS) is 50.4. The Morgan fingerprint density at radius 1 is 1.24 bits per heavy atom. The second kappa shape index (κ2) is 6.35. The first-order chi connectivity index (χ1) is 12.0. The van der Waals surface area contributed by atoms with E-state index in [0.717, 1.165) is 11.8 Å². The summed E-state index contributed by atoms with van der Waals surface area (Å²) < 4.78 is 0. The molecule has 0 amide bonds. The molecule has 0 heterocycles. The van der Waals surface area contributed by atoms with Crippen LogP contribution in [0.2, 0.25) is 0 Å². The molecule has 0 bridgehead atoms. The highest BCUT2D eigenvalue weighted by Gasteiger charge is 2.60. The van der Waals surface area contributed by atoms with Crippen molar-refractivity contribution in [3.63, 3.8) is 0 Å². The summed E-state index contributed by atoms with van der Waals surface area (Å²) in [5.74, 6) is 2.79. The van der Waals surface area contributed by atoms with E-state index in [-0.39, 0.29) is 11.5 Å². The molecule has 4 aliphatic carbocycles. The maximum absolute atomic E-state index is 10.4. The Kier molecular flexibility index (Phi) is 4.57. The standard InChI is InChI=1S/C22H38N2O/c1-14(23)18-6-7-20-17-5-4-15-12-16(24-3)8-10-21(15,2)19(17)9-11-22(18,20)13-25/h4,14,16-20,24-25H,5-13,23H2,1-3H3/t14-,16-,17+,18+,19-,20-,21-,22-/m0/s1. The van der Waals surface area contributed by atoms with Crippen molar-refractivity contribution in [3.8, 4) is 0 Å². The second-order valence-electron chi connectivity index (χ2n) is 9.96. The number of fused-ring (bicyclic) bond motifs is 5. The molecule has 3 fully saturated rings. The topological polar surface area (TPSA) is 58.3 Å². The van der Waals surface area contributed by atoms with Gasteiger partial charge in [0.25, 0.3) is 0 Å². The molecule has 0 aromatic rings. The van der Waals surface area contributed by atoms with Gasteiger partial charge in [-0.3, -0.25) is 0 Å². The molecule has 0 radical (unpaired) electrons. The highest BCUT2D eigenvalue weighted by molar-refractivity contribution is 5.26. The summed E-state index contributed by atoms with van der Waals surface area (Å²) in [5, 5.41) is 14.0. The first-order valence-corrected chi connectivity index (χ1v) is 10.7. The van der Waals surface area contributed by atoms with E-state index in [1.54, 1.807) is 5.57 Å². The number of aliphatic hydroxyl groups excluding tert-OH is 1. The number of nitrogens with one attached hydrogen (secondary N) is 1. The molecule has 0 unspecified atom stereocenters. The lowest BCUT2D eigenvalue weighted by molar-refractivity contribution is -0.0805. The van der Waals surface area contributed by atoms with Crippen molar-refractivity contribution < 1.29 is 5.11 Å². The number of allylic oxidation sites excluding steroid dienone is 1. The predicted octanol–water partition coefficient (Wildman–Crippen LogP) is 3.47. The molecule has 4 aliphatic rings. The van der Waals surface area contributed by atoms with Gasteiger partial charge in [-0.15, -0.1) is 0 Å². The Labute approximate surface area is 153 Å². The van der Waals surface area contributed by atoms with Gasteiger partial charge in [-0.2, -0.15) is 0 Å². The number of nitrogens with two attached hydrogens (primary N) is 1. The van der Waals surface area contributed by atoms with Gasteiger partial charge in [-0.05, 0) is 94.4 Å². The fraction of sp³-hybridized carbons (Fsp3) is 0.909. The lowest BCUT2D eigenvalue weighted by atomic mass is 9.47. The third-order valence-electron chi connectivity index (χ3n) is 9.22. The molecule has 0 saturated heterocycles. The first-order valence-electron chi connectivity index (χ1n) is 10.7. The quantitative estimate of drug-likeness (QED) is 0.686. The zero-order valence-corrected chi connectivity index (χ0v) is 16.4. The SMILES string of the molecule is CN[C@H]1CC[C@@]2(C)C(=CC[C@H]3[C@@H]4CC[C@H]([C@H](C)N)[C@@]4(CO)CC[C@@H]32)C1. The molecule has 3 saturated carbocycles. The van der Waals surface area contributed by atoms with Crippen LogP contribution < -0.4 is 11.1 Å². The molecule has 0 spiro atoms. The van der Waals surface area contributed by atoms with Crippen LogP contribution in [-0.2, 0) is 0 Å². The van der Waals surface area contributed by atoms with Crippen LogP contribution in [-0.4, -0.2) is 30.8 Å². The molecule has 4 rings (SSSR count). The Morgan fingerprint density at radius 2 is 2.04 bits per heavy atom. The summed E-state index contributed by atoms with van der Waals surface area (Å²) in [6.45, 7) is 5.07.